The molecule has 0 N–H and O–H groups in total. The van der Waals surface area contributed by atoms with E-state index in [-0.39, 0.29) is 24.7 Å². The van der Waals surface area contributed by atoms with Gasteiger partial charge in [0.15, 0.2) is 0 Å². The summed E-state index contributed by atoms with van der Waals surface area (Å²) in [6.45, 7) is 2.12. The largest absolute Gasteiger partial charge is 0.383 e. The molecule has 2 rings (SSSR count). The molecular weight excluding hydrogens is 234 g/mol. The van der Waals surface area contributed by atoms with Crippen LogP contribution in [0.25, 0.3) is 0 Å². The van der Waals surface area contributed by atoms with Crippen LogP contribution in [0, 0.1) is 5.92 Å². The summed E-state index contributed by atoms with van der Waals surface area (Å²) in [7, 11) is 3.35. The Morgan fingerprint density at radius 1 is 1.28 bits per heavy atom. The van der Waals surface area contributed by atoms with Crippen molar-refractivity contribution in [3.8, 4) is 0 Å². The lowest BCUT2D eigenvalue weighted by atomic mass is 10.2. The van der Waals surface area contributed by atoms with Crippen LogP contribution in [0.3, 0.4) is 0 Å². The van der Waals surface area contributed by atoms with Gasteiger partial charge >= 0.3 is 0 Å². The number of nitrogens with zero attached hydrogens (tertiary/aromatic N) is 1. The zero-order chi connectivity index (χ0) is 13.0. The monoisotopic (exact) mass is 257 g/mol. The van der Waals surface area contributed by atoms with Gasteiger partial charge < -0.3 is 19.1 Å². The predicted molar refractivity (Wildman–Crippen MR) is 66.3 cm³/mol. The SMILES string of the molecule is COC[C@@H]1C[C@H](OC)CN1C(=O)COCC1CC1. The Morgan fingerprint density at radius 3 is 2.67 bits per heavy atom. The number of carbonyl (C=O) groups excluding carboxylic acids is 1. The van der Waals surface area contributed by atoms with Crippen LogP contribution in [0.5, 0.6) is 0 Å². The molecule has 5 heteroatoms. The van der Waals surface area contributed by atoms with Crippen molar-refractivity contribution in [3.05, 3.63) is 0 Å². The highest BCUT2D eigenvalue weighted by Crippen LogP contribution is 2.28. The standard InChI is InChI=1S/C13H23NO4/c1-16-8-11-5-12(17-2)6-14(11)13(15)9-18-7-10-3-4-10/h10-12H,3-9H2,1-2H3/t11-,12-/m0/s1. The number of carbonyl (C=O) groups is 1. The maximum atomic E-state index is 12.1. The molecule has 0 aromatic rings. The topological polar surface area (TPSA) is 48.0 Å². The molecule has 2 atom stereocenters. The van der Waals surface area contributed by atoms with Crippen molar-refractivity contribution in [2.75, 3.05) is 40.6 Å². The smallest absolute Gasteiger partial charge is 0.248 e. The molecule has 0 radical (unpaired) electrons. The third-order valence-corrected chi connectivity index (χ3v) is 3.66. The van der Waals surface area contributed by atoms with Gasteiger partial charge in [-0.1, -0.05) is 0 Å². The molecule has 0 aromatic heterocycles. The van der Waals surface area contributed by atoms with Crippen LogP contribution >= 0.6 is 0 Å². The van der Waals surface area contributed by atoms with E-state index in [9.17, 15) is 4.79 Å². The van der Waals surface area contributed by atoms with E-state index in [1.54, 1.807) is 14.2 Å². The lowest BCUT2D eigenvalue weighted by Gasteiger charge is -2.23. The summed E-state index contributed by atoms with van der Waals surface area (Å²) < 4.78 is 15.9. The van der Waals surface area contributed by atoms with Gasteiger partial charge in [-0.15, -0.1) is 0 Å². The fourth-order valence-corrected chi connectivity index (χ4v) is 2.38. The van der Waals surface area contributed by atoms with E-state index in [1.165, 1.54) is 12.8 Å². The summed E-state index contributed by atoms with van der Waals surface area (Å²) in [6, 6.07) is 0.122. The van der Waals surface area contributed by atoms with Crippen LogP contribution in [0.15, 0.2) is 0 Å². The summed E-state index contributed by atoms with van der Waals surface area (Å²) >= 11 is 0. The maximum absolute atomic E-state index is 12.1. The molecule has 0 spiro atoms. The second-order valence-corrected chi connectivity index (χ2v) is 5.21. The third kappa shape index (κ3) is 3.67. The first-order valence-corrected chi connectivity index (χ1v) is 6.63. The lowest BCUT2D eigenvalue weighted by Crippen LogP contribution is -2.40. The van der Waals surface area contributed by atoms with Crippen LogP contribution in [0.2, 0.25) is 0 Å². The zero-order valence-corrected chi connectivity index (χ0v) is 11.3. The fourth-order valence-electron chi connectivity index (χ4n) is 2.38. The van der Waals surface area contributed by atoms with Crippen molar-refractivity contribution in [2.45, 2.75) is 31.4 Å². The summed E-state index contributed by atoms with van der Waals surface area (Å²) in [4.78, 5) is 13.9. The van der Waals surface area contributed by atoms with Gasteiger partial charge in [0.2, 0.25) is 5.91 Å². The molecule has 0 unspecified atom stereocenters. The minimum atomic E-state index is 0.0530. The first kappa shape index (κ1) is 13.8. The van der Waals surface area contributed by atoms with Gasteiger partial charge in [-0.3, -0.25) is 4.79 Å². The van der Waals surface area contributed by atoms with Gasteiger partial charge in [-0.2, -0.15) is 0 Å². The second kappa shape index (κ2) is 6.50. The number of likely N-dealkylation sites (tertiary alicyclic amines) is 1. The van der Waals surface area contributed by atoms with Crippen LogP contribution < -0.4 is 0 Å². The first-order chi connectivity index (χ1) is 8.74. The zero-order valence-electron chi connectivity index (χ0n) is 11.3. The summed E-state index contributed by atoms with van der Waals surface area (Å²) in [5, 5.41) is 0. The maximum Gasteiger partial charge on any atom is 0.248 e. The predicted octanol–water partition coefficient (Wildman–Crippen LogP) is 0.675. The number of hydrogen-bond donors (Lipinski definition) is 0. The highest BCUT2D eigenvalue weighted by Gasteiger charge is 2.35. The van der Waals surface area contributed by atoms with Crippen molar-refractivity contribution in [2.24, 2.45) is 5.92 Å². The number of amides is 1. The van der Waals surface area contributed by atoms with E-state index in [4.69, 9.17) is 14.2 Å². The van der Waals surface area contributed by atoms with E-state index in [0.29, 0.717) is 19.1 Å². The van der Waals surface area contributed by atoms with Crippen molar-refractivity contribution in [1.29, 1.82) is 0 Å². The Labute approximate surface area is 108 Å². The number of methoxy groups -OCH3 is 2. The molecule has 18 heavy (non-hydrogen) atoms. The van der Waals surface area contributed by atoms with E-state index < -0.39 is 0 Å². The Morgan fingerprint density at radius 2 is 2.06 bits per heavy atom. The highest BCUT2D eigenvalue weighted by atomic mass is 16.5. The number of rotatable bonds is 7. The summed E-state index contributed by atoms with van der Waals surface area (Å²) in [5.74, 6) is 0.745. The van der Waals surface area contributed by atoms with E-state index in [2.05, 4.69) is 0 Å². The summed E-state index contributed by atoms with van der Waals surface area (Å²) in [6.07, 6.45) is 3.46. The molecular formula is C13H23NO4. The van der Waals surface area contributed by atoms with Crippen molar-refractivity contribution < 1.29 is 19.0 Å². The van der Waals surface area contributed by atoms with Gasteiger partial charge in [0, 0.05) is 20.8 Å². The van der Waals surface area contributed by atoms with Crippen LogP contribution in [-0.2, 0) is 19.0 Å². The highest BCUT2D eigenvalue weighted by molar-refractivity contribution is 5.78. The summed E-state index contributed by atoms with van der Waals surface area (Å²) in [5.41, 5.74) is 0. The Balaban J connectivity index is 1.77. The van der Waals surface area contributed by atoms with E-state index in [0.717, 1.165) is 13.0 Å². The molecule has 1 saturated heterocycles. The van der Waals surface area contributed by atoms with Gasteiger partial charge in [0.25, 0.3) is 0 Å². The Hall–Kier alpha value is -0.650. The molecule has 2 aliphatic rings. The fraction of sp³-hybridized carbons (Fsp3) is 0.923. The molecule has 2 fully saturated rings. The average molecular weight is 257 g/mol. The minimum absolute atomic E-state index is 0.0530. The van der Waals surface area contributed by atoms with Gasteiger partial charge in [-0.05, 0) is 25.2 Å². The first-order valence-electron chi connectivity index (χ1n) is 6.63. The normalized spacial score (nSPS) is 27.8. The molecule has 1 aliphatic carbocycles. The lowest BCUT2D eigenvalue weighted by molar-refractivity contribution is -0.138. The molecule has 1 heterocycles. The van der Waals surface area contributed by atoms with Gasteiger partial charge in [0.1, 0.15) is 6.61 Å². The molecule has 5 nitrogen and oxygen atoms in total. The quantitative estimate of drug-likeness (QED) is 0.673. The van der Waals surface area contributed by atoms with Crippen molar-refractivity contribution in [3.63, 3.8) is 0 Å². The van der Waals surface area contributed by atoms with Gasteiger partial charge in [-0.25, -0.2) is 0 Å². The molecule has 0 aromatic carbocycles. The van der Waals surface area contributed by atoms with Crippen molar-refractivity contribution in [1.82, 2.24) is 4.90 Å². The molecule has 1 aliphatic heterocycles. The average Bonchev–Trinajstić information content (AvgIpc) is 3.09. The molecule has 104 valence electrons. The van der Waals surface area contributed by atoms with E-state index >= 15 is 0 Å². The molecule has 1 saturated carbocycles. The van der Waals surface area contributed by atoms with Gasteiger partial charge in [0.05, 0.1) is 25.4 Å². The van der Waals surface area contributed by atoms with E-state index in [1.807, 2.05) is 4.90 Å². The third-order valence-electron chi connectivity index (χ3n) is 3.66. The number of hydrogen-bond acceptors (Lipinski definition) is 4. The molecule has 1 amide bonds. The number of ether oxygens (including phenoxy) is 3. The molecule has 0 bridgehead atoms. The van der Waals surface area contributed by atoms with Crippen LogP contribution in [0.4, 0.5) is 0 Å². The van der Waals surface area contributed by atoms with Crippen LogP contribution in [0.1, 0.15) is 19.3 Å². The second-order valence-electron chi connectivity index (χ2n) is 5.21. The Kier molecular flexibility index (Phi) is 4.97. The minimum Gasteiger partial charge on any atom is -0.383 e. The van der Waals surface area contributed by atoms with Crippen LogP contribution in [-0.4, -0.2) is 63.5 Å². The Bertz CT molecular complexity index is 280. The van der Waals surface area contributed by atoms with Crippen molar-refractivity contribution >= 4 is 5.91 Å².